The fraction of sp³-hybridized carbons (Fsp3) is 0.0909. The molecule has 22 heavy (non-hydrogen) atoms. The fourth-order valence-electron chi connectivity index (χ4n) is 3.38. The van der Waals surface area contributed by atoms with E-state index in [0.717, 1.165) is 0 Å². The van der Waals surface area contributed by atoms with E-state index in [-0.39, 0.29) is 0 Å². The van der Waals surface area contributed by atoms with Gasteiger partial charge in [0.05, 0.1) is 0 Å². The van der Waals surface area contributed by atoms with Gasteiger partial charge in [0.25, 0.3) is 0 Å². The van der Waals surface area contributed by atoms with Gasteiger partial charge in [-0.3, -0.25) is 0 Å². The summed E-state index contributed by atoms with van der Waals surface area (Å²) >= 11 is 0. The maximum atomic E-state index is 2.30. The van der Waals surface area contributed by atoms with Crippen LogP contribution < -0.4 is 0 Å². The molecule has 0 heteroatoms. The van der Waals surface area contributed by atoms with Gasteiger partial charge in [-0.1, -0.05) is 66.7 Å². The maximum absolute atomic E-state index is 2.30. The first kappa shape index (κ1) is 13.1. The highest BCUT2D eigenvalue weighted by Crippen LogP contribution is 2.33. The first-order valence-corrected chi connectivity index (χ1v) is 7.72. The highest BCUT2D eigenvalue weighted by atomic mass is 14.1. The minimum Gasteiger partial charge on any atom is -0.0616 e. The molecule has 4 aromatic rings. The summed E-state index contributed by atoms with van der Waals surface area (Å²) in [6, 6.07) is 26.4. The lowest BCUT2D eigenvalue weighted by molar-refractivity contribution is 1.51. The van der Waals surface area contributed by atoms with Crippen LogP contribution in [0.2, 0.25) is 0 Å². The Balaban J connectivity index is 2.05. The number of hydrogen-bond donors (Lipinski definition) is 0. The lowest BCUT2D eigenvalue weighted by Gasteiger charge is -2.11. The summed E-state index contributed by atoms with van der Waals surface area (Å²) in [5.41, 5.74) is 5.28. The van der Waals surface area contributed by atoms with Gasteiger partial charge in [-0.15, -0.1) is 0 Å². The molecular weight excluding hydrogens is 264 g/mol. The fourth-order valence-corrected chi connectivity index (χ4v) is 3.38. The second-order valence-electron chi connectivity index (χ2n) is 5.99. The number of hydrogen-bond acceptors (Lipinski definition) is 0. The molecule has 0 saturated heterocycles. The Labute approximate surface area is 131 Å². The van der Waals surface area contributed by atoms with Crippen molar-refractivity contribution in [3.05, 3.63) is 83.9 Å². The molecule has 0 spiro atoms. The van der Waals surface area contributed by atoms with Crippen LogP contribution in [0.4, 0.5) is 0 Å². The van der Waals surface area contributed by atoms with Crippen molar-refractivity contribution < 1.29 is 0 Å². The molecule has 4 rings (SSSR count). The monoisotopic (exact) mass is 282 g/mol. The zero-order valence-corrected chi connectivity index (χ0v) is 12.9. The Morgan fingerprint density at radius 2 is 1.27 bits per heavy atom. The van der Waals surface area contributed by atoms with Gasteiger partial charge in [0.15, 0.2) is 0 Å². The van der Waals surface area contributed by atoms with E-state index in [9.17, 15) is 0 Å². The Morgan fingerprint density at radius 3 is 2.18 bits per heavy atom. The minimum atomic E-state index is 1.30. The van der Waals surface area contributed by atoms with Gasteiger partial charge in [-0.05, 0) is 63.7 Å². The molecule has 0 aliphatic rings. The van der Waals surface area contributed by atoms with E-state index in [2.05, 4.69) is 86.6 Å². The summed E-state index contributed by atoms with van der Waals surface area (Å²) in [4.78, 5) is 0. The van der Waals surface area contributed by atoms with Crippen LogP contribution in [-0.2, 0) is 0 Å². The third kappa shape index (κ3) is 2.00. The Kier molecular flexibility index (Phi) is 2.97. The number of rotatable bonds is 1. The quantitative estimate of drug-likeness (QED) is 0.385. The van der Waals surface area contributed by atoms with Gasteiger partial charge in [-0.2, -0.15) is 0 Å². The largest absolute Gasteiger partial charge is 0.0616 e. The molecule has 0 saturated carbocycles. The lowest BCUT2D eigenvalue weighted by Crippen LogP contribution is -1.86. The summed E-state index contributed by atoms with van der Waals surface area (Å²) in [5.74, 6) is 0. The van der Waals surface area contributed by atoms with Gasteiger partial charge in [0.2, 0.25) is 0 Å². The SMILES string of the molecule is Cc1cc(-c2cccc3c(C)cccc23)cc2ccccc12. The van der Waals surface area contributed by atoms with Crippen LogP contribution in [0.5, 0.6) is 0 Å². The van der Waals surface area contributed by atoms with Crippen molar-refractivity contribution >= 4 is 21.5 Å². The maximum Gasteiger partial charge on any atom is -0.0103 e. The molecule has 106 valence electrons. The molecule has 0 heterocycles. The van der Waals surface area contributed by atoms with Crippen LogP contribution >= 0.6 is 0 Å². The number of fused-ring (bicyclic) bond motifs is 2. The number of benzene rings is 4. The molecule has 0 atom stereocenters. The molecule has 0 bridgehead atoms. The predicted octanol–water partition coefficient (Wildman–Crippen LogP) is 6.28. The zero-order chi connectivity index (χ0) is 15.1. The second kappa shape index (κ2) is 4.99. The van der Waals surface area contributed by atoms with Gasteiger partial charge in [-0.25, -0.2) is 0 Å². The summed E-state index contributed by atoms with van der Waals surface area (Å²) in [5, 5.41) is 5.31. The van der Waals surface area contributed by atoms with Crippen molar-refractivity contribution in [2.24, 2.45) is 0 Å². The van der Waals surface area contributed by atoms with Gasteiger partial charge in [0.1, 0.15) is 0 Å². The first-order valence-electron chi connectivity index (χ1n) is 7.72. The van der Waals surface area contributed by atoms with Crippen LogP contribution in [0.15, 0.2) is 72.8 Å². The van der Waals surface area contributed by atoms with Crippen LogP contribution in [0, 0.1) is 13.8 Å². The molecule has 0 unspecified atom stereocenters. The van der Waals surface area contributed by atoms with Crippen molar-refractivity contribution in [1.29, 1.82) is 0 Å². The Hall–Kier alpha value is -2.60. The van der Waals surface area contributed by atoms with E-state index in [0.29, 0.717) is 0 Å². The van der Waals surface area contributed by atoms with Crippen molar-refractivity contribution in [1.82, 2.24) is 0 Å². The topological polar surface area (TPSA) is 0 Å². The summed E-state index contributed by atoms with van der Waals surface area (Å²) in [6.45, 7) is 4.37. The van der Waals surface area contributed by atoms with E-state index >= 15 is 0 Å². The molecule has 4 aromatic carbocycles. The van der Waals surface area contributed by atoms with Gasteiger partial charge < -0.3 is 0 Å². The summed E-state index contributed by atoms with van der Waals surface area (Å²) in [6.07, 6.45) is 0. The third-order valence-electron chi connectivity index (χ3n) is 4.52. The highest BCUT2D eigenvalue weighted by Gasteiger charge is 2.07. The summed E-state index contributed by atoms with van der Waals surface area (Å²) < 4.78 is 0. The molecule has 0 aromatic heterocycles. The van der Waals surface area contributed by atoms with Crippen LogP contribution in [-0.4, -0.2) is 0 Å². The Morgan fingerprint density at radius 1 is 0.545 bits per heavy atom. The predicted molar refractivity (Wildman–Crippen MR) is 96.4 cm³/mol. The lowest BCUT2D eigenvalue weighted by atomic mass is 9.93. The molecule has 0 nitrogen and oxygen atoms in total. The van der Waals surface area contributed by atoms with Crippen molar-refractivity contribution in [3.8, 4) is 11.1 Å². The smallest absolute Gasteiger partial charge is 0.0103 e. The normalized spacial score (nSPS) is 11.2. The third-order valence-corrected chi connectivity index (χ3v) is 4.52. The molecule has 0 fully saturated rings. The van der Waals surface area contributed by atoms with Crippen LogP contribution in [0.3, 0.4) is 0 Å². The van der Waals surface area contributed by atoms with Crippen molar-refractivity contribution in [3.63, 3.8) is 0 Å². The molecule has 0 N–H and O–H groups in total. The van der Waals surface area contributed by atoms with Crippen molar-refractivity contribution in [2.45, 2.75) is 13.8 Å². The first-order chi connectivity index (χ1) is 10.7. The second-order valence-corrected chi connectivity index (χ2v) is 5.99. The minimum absolute atomic E-state index is 1.30. The van der Waals surface area contributed by atoms with E-state index in [1.165, 1.54) is 43.8 Å². The highest BCUT2D eigenvalue weighted by molar-refractivity contribution is 6.00. The average molecular weight is 282 g/mol. The van der Waals surface area contributed by atoms with E-state index < -0.39 is 0 Å². The number of aryl methyl sites for hydroxylation is 2. The van der Waals surface area contributed by atoms with E-state index in [1.54, 1.807) is 0 Å². The van der Waals surface area contributed by atoms with Gasteiger partial charge >= 0.3 is 0 Å². The molecule has 0 aliphatic heterocycles. The Bertz CT molecular complexity index is 993. The molecule has 0 amide bonds. The van der Waals surface area contributed by atoms with E-state index in [4.69, 9.17) is 0 Å². The standard InChI is InChI=1S/C22H18/c1-15-7-5-12-22-20(15)10-6-11-21(22)18-13-16(2)19-9-4-3-8-17(19)14-18/h3-14H,1-2H3. The van der Waals surface area contributed by atoms with Crippen LogP contribution in [0.1, 0.15) is 11.1 Å². The van der Waals surface area contributed by atoms with Crippen LogP contribution in [0.25, 0.3) is 32.7 Å². The molecular formula is C22H18. The zero-order valence-electron chi connectivity index (χ0n) is 12.9. The van der Waals surface area contributed by atoms with Gasteiger partial charge in [0, 0.05) is 0 Å². The molecule has 0 aliphatic carbocycles. The van der Waals surface area contributed by atoms with Crippen molar-refractivity contribution in [2.75, 3.05) is 0 Å². The summed E-state index contributed by atoms with van der Waals surface area (Å²) in [7, 11) is 0. The van der Waals surface area contributed by atoms with E-state index in [1.807, 2.05) is 0 Å². The molecule has 0 radical (unpaired) electrons. The average Bonchev–Trinajstić information content (AvgIpc) is 2.55.